The van der Waals surface area contributed by atoms with Crippen molar-refractivity contribution in [1.29, 1.82) is 0 Å². The lowest BCUT2D eigenvalue weighted by Gasteiger charge is -2.42. The van der Waals surface area contributed by atoms with Gasteiger partial charge in [-0.2, -0.15) is 0 Å². The van der Waals surface area contributed by atoms with E-state index in [0.717, 1.165) is 0 Å². The standard InChI is InChI=1S/C15H18BrClN2O2/c1-8-13(20)18-12(15(2,3)4)14(21)19(8)9-5-6-11(17)10(16)7-9/h5-8,12H,1-4H3,(H,18,20). The van der Waals surface area contributed by atoms with Crippen LogP contribution in [0.5, 0.6) is 0 Å². The predicted octanol–water partition coefficient (Wildman–Crippen LogP) is 3.37. The maximum absolute atomic E-state index is 12.8. The lowest BCUT2D eigenvalue weighted by Crippen LogP contribution is -2.66. The van der Waals surface area contributed by atoms with E-state index in [1.165, 1.54) is 4.90 Å². The zero-order valence-electron chi connectivity index (χ0n) is 12.4. The molecule has 0 bridgehead atoms. The molecule has 1 fully saturated rings. The number of hydrogen-bond acceptors (Lipinski definition) is 2. The summed E-state index contributed by atoms with van der Waals surface area (Å²) in [5, 5.41) is 3.38. The highest BCUT2D eigenvalue weighted by molar-refractivity contribution is 9.10. The third kappa shape index (κ3) is 3.09. The van der Waals surface area contributed by atoms with Crippen LogP contribution >= 0.6 is 27.5 Å². The zero-order chi connectivity index (χ0) is 15.9. The molecule has 2 atom stereocenters. The van der Waals surface area contributed by atoms with Crippen molar-refractivity contribution < 1.29 is 9.59 Å². The first-order valence-electron chi connectivity index (χ1n) is 6.71. The maximum Gasteiger partial charge on any atom is 0.250 e. The second-order valence-electron chi connectivity index (χ2n) is 6.29. The Morgan fingerprint density at radius 1 is 1.29 bits per heavy atom. The predicted molar refractivity (Wildman–Crippen MR) is 87.5 cm³/mol. The van der Waals surface area contributed by atoms with E-state index < -0.39 is 12.1 Å². The fourth-order valence-electron chi connectivity index (χ4n) is 2.34. The van der Waals surface area contributed by atoms with Gasteiger partial charge in [0, 0.05) is 10.2 Å². The lowest BCUT2D eigenvalue weighted by atomic mass is 9.84. The van der Waals surface area contributed by atoms with E-state index in [1.54, 1.807) is 25.1 Å². The third-order valence-corrected chi connectivity index (χ3v) is 4.80. The van der Waals surface area contributed by atoms with Gasteiger partial charge in [0.2, 0.25) is 5.91 Å². The molecule has 1 aromatic carbocycles. The van der Waals surface area contributed by atoms with Crippen LogP contribution in [-0.4, -0.2) is 23.9 Å². The molecule has 2 rings (SSSR count). The van der Waals surface area contributed by atoms with Crippen molar-refractivity contribution in [2.75, 3.05) is 4.90 Å². The van der Waals surface area contributed by atoms with Gasteiger partial charge in [0.25, 0.3) is 5.91 Å². The van der Waals surface area contributed by atoms with Crippen molar-refractivity contribution in [3.63, 3.8) is 0 Å². The molecule has 6 heteroatoms. The minimum Gasteiger partial charge on any atom is -0.342 e. The van der Waals surface area contributed by atoms with Crippen LogP contribution in [0.4, 0.5) is 5.69 Å². The second-order valence-corrected chi connectivity index (χ2v) is 7.55. The number of carbonyl (C=O) groups excluding carboxylic acids is 2. The number of carbonyl (C=O) groups is 2. The number of amides is 2. The second kappa shape index (κ2) is 5.61. The van der Waals surface area contributed by atoms with Crippen LogP contribution in [0, 0.1) is 5.41 Å². The number of anilines is 1. The van der Waals surface area contributed by atoms with E-state index in [2.05, 4.69) is 21.2 Å². The van der Waals surface area contributed by atoms with E-state index >= 15 is 0 Å². The lowest BCUT2D eigenvalue weighted by molar-refractivity contribution is -0.136. The molecule has 1 aromatic rings. The van der Waals surface area contributed by atoms with Crippen molar-refractivity contribution in [2.45, 2.75) is 39.8 Å². The molecule has 0 aliphatic carbocycles. The number of benzene rings is 1. The van der Waals surface area contributed by atoms with Gasteiger partial charge >= 0.3 is 0 Å². The SMILES string of the molecule is CC1C(=O)NC(C(C)(C)C)C(=O)N1c1ccc(Cl)c(Br)c1. The van der Waals surface area contributed by atoms with Crippen LogP contribution in [0.1, 0.15) is 27.7 Å². The van der Waals surface area contributed by atoms with Crippen LogP contribution in [0.25, 0.3) is 0 Å². The first-order valence-corrected chi connectivity index (χ1v) is 7.88. The highest BCUT2D eigenvalue weighted by Gasteiger charge is 2.44. The molecule has 4 nitrogen and oxygen atoms in total. The quantitative estimate of drug-likeness (QED) is 0.820. The molecule has 1 aliphatic heterocycles. The van der Waals surface area contributed by atoms with Crippen LogP contribution in [-0.2, 0) is 9.59 Å². The van der Waals surface area contributed by atoms with E-state index in [1.807, 2.05) is 20.8 Å². The summed E-state index contributed by atoms with van der Waals surface area (Å²) in [6.45, 7) is 7.51. The van der Waals surface area contributed by atoms with Gasteiger partial charge in [-0.05, 0) is 46.5 Å². The molecule has 21 heavy (non-hydrogen) atoms. The van der Waals surface area contributed by atoms with E-state index in [0.29, 0.717) is 15.2 Å². The van der Waals surface area contributed by atoms with Gasteiger partial charge in [0.1, 0.15) is 12.1 Å². The molecule has 1 aliphatic rings. The minimum atomic E-state index is -0.552. The summed E-state index contributed by atoms with van der Waals surface area (Å²) in [5.41, 5.74) is 0.308. The fourth-order valence-corrected chi connectivity index (χ4v) is 2.83. The Labute approximate surface area is 138 Å². The Hall–Kier alpha value is -1.07. The largest absolute Gasteiger partial charge is 0.342 e. The first-order chi connectivity index (χ1) is 9.62. The topological polar surface area (TPSA) is 49.4 Å². The van der Waals surface area contributed by atoms with Gasteiger partial charge in [-0.1, -0.05) is 32.4 Å². The Morgan fingerprint density at radius 2 is 1.90 bits per heavy atom. The number of hydrogen-bond donors (Lipinski definition) is 1. The highest BCUT2D eigenvalue weighted by atomic mass is 79.9. The normalized spacial score (nSPS) is 23.2. The van der Waals surface area contributed by atoms with Crippen LogP contribution in [0.2, 0.25) is 5.02 Å². The van der Waals surface area contributed by atoms with E-state index in [4.69, 9.17) is 11.6 Å². The summed E-state index contributed by atoms with van der Waals surface area (Å²) in [6, 6.07) is 4.12. The summed E-state index contributed by atoms with van der Waals surface area (Å²) < 4.78 is 0.694. The fraction of sp³-hybridized carbons (Fsp3) is 0.467. The molecule has 2 unspecified atom stereocenters. The average molecular weight is 374 g/mol. The molecule has 1 heterocycles. The van der Waals surface area contributed by atoms with Crippen LogP contribution < -0.4 is 10.2 Å². The van der Waals surface area contributed by atoms with Gasteiger partial charge < -0.3 is 5.32 Å². The van der Waals surface area contributed by atoms with Crippen molar-refractivity contribution >= 4 is 45.0 Å². The molecule has 2 amide bonds. The molecule has 0 saturated carbocycles. The average Bonchev–Trinajstić information content (AvgIpc) is 2.37. The number of halogens is 2. The molecule has 0 spiro atoms. The molecular weight excluding hydrogens is 356 g/mol. The monoisotopic (exact) mass is 372 g/mol. The maximum atomic E-state index is 12.8. The number of piperazine rings is 1. The van der Waals surface area contributed by atoms with Crippen LogP contribution in [0.15, 0.2) is 22.7 Å². The van der Waals surface area contributed by atoms with Crippen molar-refractivity contribution in [3.8, 4) is 0 Å². The van der Waals surface area contributed by atoms with Gasteiger partial charge in [-0.3, -0.25) is 14.5 Å². The Morgan fingerprint density at radius 3 is 2.43 bits per heavy atom. The molecule has 0 aromatic heterocycles. The number of nitrogens with zero attached hydrogens (tertiary/aromatic N) is 1. The molecule has 114 valence electrons. The first kappa shape index (κ1) is 16.3. The van der Waals surface area contributed by atoms with Crippen molar-refractivity contribution in [1.82, 2.24) is 5.32 Å². The molecule has 1 N–H and O–H groups in total. The van der Waals surface area contributed by atoms with Gasteiger partial charge in [0.05, 0.1) is 5.02 Å². The Kier molecular flexibility index (Phi) is 4.36. The van der Waals surface area contributed by atoms with Crippen molar-refractivity contribution in [3.05, 3.63) is 27.7 Å². The summed E-state index contributed by atoms with van der Waals surface area (Å²) in [7, 11) is 0. The summed E-state index contributed by atoms with van der Waals surface area (Å²) in [6.07, 6.45) is 0. The number of rotatable bonds is 1. The highest BCUT2D eigenvalue weighted by Crippen LogP contribution is 2.32. The van der Waals surface area contributed by atoms with Gasteiger partial charge in [0.15, 0.2) is 0 Å². The molecular formula is C15H18BrClN2O2. The van der Waals surface area contributed by atoms with Crippen LogP contribution in [0.3, 0.4) is 0 Å². The van der Waals surface area contributed by atoms with E-state index in [-0.39, 0.29) is 17.2 Å². The van der Waals surface area contributed by atoms with Gasteiger partial charge in [-0.25, -0.2) is 0 Å². The Bertz CT molecular complexity index is 598. The Balaban J connectivity index is 2.46. The van der Waals surface area contributed by atoms with E-state index in [9.17, 15) is 9.59 Å². The summed E-state index contributed by atoms with van der Waals surface area (Å²) in [4.78, 5) is 26.5. The third-order valence-electron chi connectivity index (χ3n) is 3.59. The smallest absolute Gasteiger partial charge is 0.250 e. The van der Waals surface area contributed by atoms with Crippen molar-refractivity contribution in [2.24, 2.45) is 5.41 Å². The summed E-state index contributed by atoms with van der Waals surface area (Å²) in [5.74, 6) is -0.260. The number of nitrogens with one attached hydrogen (secondary N) is 1. The minimum absolute atomic E-state index is 0.108. The summed E-state index contributed by atoms with van der Waals surface area (Å²) >= 11 is 9.34. The molecule has 1 saturated heterocycles. The van der Waals surface area contributed by atoms with Gasteiger partial charge in [-0.15, -0.1) is 0 Å². The zero-order valence-corrected chi connectivity index (χ0v) is 14.7. The molecule has 0 radical (unpaired) electrons.